The van der Waals surface area contributed by atoms with Crippen LogP contribution in [0.4, 0.5) is 0 Å². The predicted octanol–water partition coefficient (Wildman–Crippen LogP) is 2.06. The number of Topliss-reactive ketones (excluding diaryl/α,β-unsaturated/α-hetero) is 1. The van der Waals surface area contributed by atoms with E-state index in [1.807, 2.05) is 0 Å². The Labute approximate surface area is 112 Å². The number of carbonyl (C=O) groups excluding carboxylic acids is 1. The summed E-state index contributed by atoms with van der Waals surface area (Å²) in [5.41, 5.74) is 0.457. The molecule has 0 fully saturated rings. The van der Waals surface area contributed by atoms with Crippen molar-refractivity contribution in [3.63, 3.8) is 0 Å². The van der Waals surface area contributed by atoms with Gasteiger partial charge in [0.25, 0.3) is 0 Å². The van der Waals surface area contributed by atoms with Crippen LogP contribution >= 0.6 is 28.6 Å². The van der Waals surface area contributed by atoms with Crippen LogP contribution in [0.1, 0.15) is 28.9 Å². The number of aliphatic carboxylic acids is 1. The van der Waals surface area contributed by atoms with Crippen LogP contribution in [0.2, 0.25) is 0 Å². The summed E-state index contributed by atoms with van der Waals surface area (Å²) in [4.78, 5) is 22.4. The molecule has 2 N–H and O–H groups in total. The number of ketones is 1. The van der Waals surface area contributed by atoms with Crippen LogP contribution in [0, 0.1) is 0 Å². The Morgan fingerprint density at radius 1 is 1.35 bits per heavy atom. The number of aliphatic hydroxyl groups is 1. The van der Waals surface area contributed by atoms with Crippen molar-refractivity contribution in [1.29, 1.82) is 0 Å². The maximum Gasteiger partial charge on any atom is 0.337 e. The van der Waals surface area contributed by atoms with Gasteiger partial charge in [-0.3, -0.25) is 4.79 Å². The molecule has 6 heteroatoms. The molecular weight excluding hydrogens is 308 g/mol. The van der Waals surface area contributed by atoms with Crippen LogP contribution in [-0.2, 0) is 4.79 Å². The van der Waals surface area contributed by atoms with E-state index in [1.54, 1.807) is 6.92 Å². The van der Waals surface area contributed by atoms with E-state index in [9.17, 15) is 14.7 Å². The lowest BCUT2D eigenvalue weighted by Crippen LogP contribution is -2.14. The van der Waals surface area contributed by atoms with E-state index >= 15 is 0 Å². The Morgan fingerprint density at radius 2 is 1.94 bits per heavy atom. The Balaban J connectivity index is 3.19. The third kappa shape index (κ3) is 3.55. The van der Waals surface area contributed by atoms with Gasteiger partial charge >= 0.3 is 5.97 Å². The van der Waals surface area contributed by atoms with Gasteiger partial charge < -0.3 is 10.2 Å². The highest BCUT2D eigenvalue weighted by Crippen LogP contribution is 2.22. The summed E-state index contributed by atoms with van der Waals surface area (Å²) in [6, 6.07) is 4.30. The standard InChI is InChI=1S/C11H11BrO4S/c1-5(12)9(13)6-2-7(4-8(17)3-6)10(14)11(15)16/h2-5,10,14,17H,1H3,(H,15,16). The largest absolute Gasteiger partial charge is 0.479 e. The number of hydrogen-bond acceptors (Lipinski definition) is 4. The first-order valence-corrected chi connectivity index (χ1v) is 6.12. The van der Waals surface area contributed by atoms with Gasteiger partial charge in [0, 0.05) is 10.5 Å². The summed E-state index contributed by atoms with van der Waals surface area (Å²) in [6.07, 6.45) is -1.65. The quantitative estimate of drug-likeness (QED) is 0.451. The van der Waals surface area contributed by atoms with Crippen LogP contribution in [-0.4, -0.2) is 26.8 Å². The zero-order valence-electron chi connectivity index (χ0n) is 8.92. The molecule has 2 unspecified atom stereocenters. The van der Waals surface area contributed by atoms with E-state index in [2.05, 4.69) is 28.6 Å². The van der Waals surface area contributed by atoms with Gasteiger partial charge in [0.1, 0.15) is 0 Å². The number of rotatable bonds is 4. The van der Waals surface area contributed by atoms with Crippen molar-refractivity contribution >= 4 is 40.3 Å². The molecule has 1 aromatic carbocycles. The number of benzene rings is 1. The van der Waals surface area contributed by atoms with Crippen LogP contribution in [0.3, 0.4) is 0 Å². The highest BCUT2D eigenvalue weighted by atomic mass is 79.9. The predicted molar refractivity (Wildman–Crippen MR) is 69.0 cm³/mol. The molecule has 0 saturated carbocycles. The zero-order chi connectivity index (χ0) is 13.2. The Morgan fingerprint density at radius 3 is 2.41 bits per heavy atom. The number of carbonyl (C=O) groups is 2. The van der Waals surface area contributed by atoms with Crippen molar-refractivity contribution in [3.8, 4) is 0 Å². The number of halogens is 1. The Bertz CT molecular complexity index is 459. The van der Waals surface area contributed by atoms with E-state index in [0.29, 0.717) is 10.5 Å². The molecule has 0 aromatic heterocycles. The summed E-state index contributed by atoms with van der Waals surface area (Å²) in [7, 11) is 0. The van der Waals surface area contributed by atoms with Crippen LogP contribution in [0.5, 0.6) is 0 Å². The van der Waals surface area contributed by atoms with Crippen molar-refractivity contribution in [1.82, 2.24) is 0 Å². The first-order valence-electron chi connectivity index (χ1n) is 4.76. The molecule has 17 heavy (non-hydrogen) atoms. The maximum atomic E-state index is 11.7. The molecule has 0 amide bonds. The minimum atomic E-state index is -1.65. The number of aliphatic hydroxyl groups excluding tert-OH is 1. The second kappa shape index (κ2) is 5.66. The summed E-state index contributed by atoms with van der Waals surface area (Å²) < 4.78 is 0. The van der Waals surface area contributed by atoms with Crippen molar-refractivity contribution in [2.24, 2.45) is 0 Å². The first-order chi connectivity index (χ1) is 7.82. The normalized spacial score (nSPS) is 14.1. The summed E-state index contributed by atoms with van der Waals surface area (Å²) in [5, 5.41) is 18.1. The van der Waals surface area contributed by atoms with Gasteiger partial charge in [-0.1, -0.05) is 15.9 Å². The minimum absolute atomic E-state index is 0.140. The van der Waals surface area contributed by atoms with Gasteiger partial charge in [0.05, 0.1) is 4.83 Å². The molecule has 0 aliphatic heterocycles. The summed E-state index contributed by atoms with van der Waals surface area (Å²) in [5.74, 6) is -1.56. The second-order valence-corrected chi connectivity index (χ2v) is 5.42. The van der Waals surface area contributed by atoms with E-state index < -0.39 is 12.1 Å². The third-order valence-electron chi connectivity index (χ3n) is 2.14. The van der Waals surface area contributed by atoms with Gasteiger partial charge in [-0.25, -0.2) is 4.79 Å². The summed E-state index contributed by atoms with van der Waals surface area (Å²) in [6.45, 7) is 1.67. The Kier molecular flexibility index (Phi) is 4.73. The fourth-order valence-electron chi connectivity index (χ4n) is 1.31. The first kappa shape index (κ1) is 14.2. The average molecular weight is 319 g/mol. The second-order valence-electron chi connectivity index (χ2n) is 3.53. The van der Waals surface area contributed by atoms with Gasteiger partial charge in [-0.05, 0) is 30.7 Å². The lowest BCUT2D eigenvalue weighted by molar-refractivity contribution is -0.146. The zero-order valence-corrected chi connectivity index (χ0v) is 11.4. The molecule has 0 spiro atoms. The van der Waals surface area contributed by atoms with Gasteiger partial charge in [0.2, 0.25) is 0 Å². The number of thiol groups is 1. The fourth-order valence-corrected chi connectivity index (χ4v) is 1.86. The Hall–Kier alpha value is -0.850. The lowest BCUT2D eigenvalue weighted by Gasteiger charge is -2.10. The van der Waals surface area contributed by atoms with Gasteiger partial charge in [-0.15, -0.1) is 12.6 Å². The van der Waals surface area contributed by atoms with Crippen molar-refractivity contribution in [3.05, 3.63) is 29.3 Å². The number of alkyl halides is 1. The highest BCUT2D eigenvalue weighted by molar-refractivity contribution is 9.10. The molecular formula is C11H11BrO4S. The number of carboxylic acid groups (broad SMARTS) is 1. The van der Waals surface area contributed by atoms with E-state index in [0.717, 1.165) is 0 Å². The monoisotopic (exact) mass is 318 g/mol. The SMILES string of the molecule is CC(Br)C(=O)c1cc(S)cc(C(O)C(=O)O)c1. The molecule has 0 aliphatic carbocycles. The van der Waals surface area contributed by atoms with E-state index in [1.165, 1.54) is 18.2 Å². The van der Waals surface area contributed by atoms with Crippen LogP contribution in [0.15, 0.2) is 23.1 Å². The average Bonchev–Trinajstić information content (AvgIpc) is 2.25. The van der Waals surface area contributed by atoms with Gasteiger partial charge in [0.15, 0.2) is 11.9 Å². The van der Waals surface area contributed by atoms with Gasteiger partial charge in [-0.2, -0.15) is 0 Å². The van der Waals surface area contributed by atoms with Crippen LogP contribution in [0.25, 0.3) is 0 Å². The molecule has 0 bridgehead atoms. The van der Waals surface area contributed by atoms with E-state index in [-0.39, 0.29) is 16.2 Å². The highest BCUT2D eigenvalue weighted by Gasteiger charge is 2.19. The van der Waals surface area contributed by atoms with Crippen LogP contribution < -0.4 is 0 Å². The minimum Gasteiger partial charge on any atom is -0.479 e. The van der Waals surface area contributed by atoms with Crippen molar-refractivity contribution in [2.45, 2.75) is 22.8 Å². The molecule has 0 radical (unpaired) electrons. The van der Waals surface area contributed by atoms with E-state index in [4.69, 9.17) is 5.11 Å². The molecule has 92 valence electrons. The third-order valence-corrected chi connectivity index (χ3v) is 2.81. The maximum absolute atomic E-state index is 11.7. The smallest absolute Gasteiger partial charge is 0.337 e. The number of carboxylic acids is 1. The molecule has 1 aromatic rings. The molecule has 4 nitrogen and oxygen atoms in total. The van der Waals surface area contributed by atoms with Crippen molar-refractivity contribution < 1.29 is 19.8 Å². The fraction of sp³-hybridized carbons (Fsp3) is 0.273. The number of hydrogen-bond donors (Lipinski definition) is 3. The molecule has 0 heterocycles. The van der Waals surface area contributed by atoms with Crippen molar-refractivity contribution in [2.75, 3.05) is 0 Å². The summed E-state index contributed by atoms with van der Waals surface area (Å²) >= 11 is 7.22. The molecule has 1 rings (SSSR count). The topological polar surface area (TPSA) is 74.6 Å². The lowest BCUT2D eigenvalue weighted by atomic mass is 10.0. The molecule has 0 saturated heterocycles. The molecule has 2 atom stereocenters. The molecule has 0 aliphatic rings.